The maximum Gasteiger partial charge on any atom is 0.573 e. The molecule has 0 spiro atoms. The second-order valence-corrected chi connectivity index (χ2v) is 6.07. The van der Waals surface area contributed by atoms with E-state index in [0.29, 0.717) is 31.8 Å². The molecule has 1 aliphatic heterocycles. The molecule has 0 unspecified atom stereocenters. The second kappa shape index (κ2) is 11.8. The lowest BCUT2D eigenvalue weighted by Gasteiger charge is -2.25. The predicted molar refractivity (Wildman–Crippen MR) is 112 cm³/mol. The summed E-state index contributed by atoms with van der Waals surface area (Å²) in [4.78, 5) is 29.1. The molecule has 11 heteroatoms. The first-order chi connectivity index (χ1) is 13.3. The third-order valence-corrected chi connectivity index (χ3v) is 3.96. The first kappa shape index (κ1) is 25.0. The van der Waals surface area contributed by atoms with Gasteiger partial charge in [-0.2, -0.15) is 0 Å². The van der Waals surface area contributed by atoms with Crippen molar-refractivity contribution >= 4 is 41.8 Å². The largest absolute Gasteiger partial charge is 0.573 e. The average Bonchev–Trinajstić information content (AvgIpc) is 2.62. The highest BCUT2D eigenvalue weighted by molar-refractivity contribution is 14.0. The highest BCUT2D eigenvalue weighted by atomic mass is 127. The zero-order valence-corrected chi connectivity index (χ0v) is 18.3. The lowest BCUT2D eigenvalue weighted by Crippen LogP contribution is -2.46. The van der Waals surface area contributed by atoms with Gasteiger partial charge in [0, 0.05) is 38.0 Å². The molecule has 1 aliphatic rings. The number of para-hydroxylation sites is 1. The summed E-state index contributed by atoms with van der Waals surface area (Å²) in [5, 5.41) is 5.94. The number of halogens is 4. The third-order valence-electron chi connectivity index (χ3n) is 3.96. The second-order valence-electron chi connectivity index (χ2n) is 6.07. The van der Waals surface area contributed by atoms with Crippen LogP contribution in [-0.4, -0.2) is 48.7 Å². The van der Waals surface area contributed by atoms with Crippen molar-refractivity contribution in [3.05, 3.63) is 29.8 Å². The van der Waals surface area contributed by atoms with E-state index in [1.54, 1.807) is 6.07 Å². The molecule has 0 aromatic heterocycles. The minimum absolute atomic E-state index is 0. The Kier molecular flexibility index (Phi) is 10.2. The van der Waals surface area contributed by atoms with E-state index in [1.807, 2.05) is 6.92 Å². The normalized spacial score (nSPS) is 15.0. The third kappa shape index (κ3) is 8.46. The number of likely N-dealkylation sites (tertiary alicyclic amines) is 1. The Labute approximate surface area is 184 Å². The van der Waals surface area contributed by atoms with Crippen molar-refractivity contribution in [2.24, 2.45) is 4.99 Å². The number of rotatable bonds is 7. The topological polar surface area (TPSA) is 83.0 Å². The lowest BCUT2D eigenvalue weighted by molar-refractivity contribution is -0.274. The van der Waals surface area contributed by atoms with E-state index in [2.05, 4.69) is 20.4 Å². The molecule has 7 nitrogen and oxygen atoms in total. The van der Waals surface area contributed by atoms with Crippen molar-refractivity contribution < 1.29 is 27.5 Å². The monoisotopic (exact) mass is 528 g/mol. The summed E-state index contributed by atoms with van der Waals surface area (Å²) in [5.74, 6) is -0.336. The quantitative estimate of drug-likeness (QED) is 0.246. The van der Waals surface area contributed by atoms with Crippen LogP contribution in [-0.2, 0) is 16.1 Å². The Morgan fingerprint density at radius 2 is 1.83 bits per heavy atom. The number of hydrogen-bond donors (Lipinski definition) is 2. The number of amides is 2. The van der Waals surface area contributed by atoms with Gasteiger partial charge < -0.3 is 15.4 Å². The molecule has 0 radical (unpaired) electrons. The van der Waals surface area contributed by atoms with Crippen molar-refractivity contribution in [1.29, 1.82) is 0 Å². The highest BCUT2D eigenvalue weighted by Gasteiger charge is 2.32. The molecule has 0 atom stereocenters. The van der Waals surface area contributed by atoms with Gasteiger partial charge in [0.25, 0.3) is 0 Å². The molecule has 29 heavy (non-hydrogen) atoms. The number of alkyl halides is 3. The van der Waals surface area contributed by atoms with E-state index in [9.17, 15) is 22.8 Å². The number of nitrogens with zero attached hydrogens (tertiary/aromatic N) is 2. The summed E-state index contributed by atoms with van der Waals surface area (Å²) < 4.78 is 41.5. The van der Waals surface area contributed by atoms with Gasteiger partial charge in [-0.15, -0.1) is 37.1 Å². The van der Waals surface area contributed by atoms with Gasteiger partial charge in [-0.3, -0.25) is 14.5 Å². The summed E-state index contributed by atoms with van der Waals surface area (Å²) in [7, 11) is 0. The van der Waals surface area contributed by atoms with Crippen LogP contribution in [0.4, 0.5) is 13.2 Å². The van der Waals surface area contributed by atoms with Gasteiger partial charge in [0.15, 0.2) is 5.96 Å². The van der Waals surface area contributed by atoms with Gasteiger partial charge >= 0.3 is 6.36 Å². The lowest BCUT2D eigenvalue weighted by atomic mass is 10.1. The zero-order valence-electron chi connectivity index (χ0n) is 15.9. The number of aliphatic imine (C=N–C) groups is 1. The van der Waals surface area contributed by atoms with Crippen LogP contribution >= 0.6 is 24.0 Å². The van der Waals surface area contributed by atoms with Crippen LogP contribution < -0.4 is 15.4 Å². The Morgan fingerprint density at radius 1 is 1.17 bits per heavy atom. The number of ether oxygens (including phenoxy) is 1. The van der Waals surface area contributed by atoms with Crippen LogP contribution in [0.15, 0.2) is 29.3 Å². The van der Waals surface area contributed by atoms with Crippen molar-refractivity contribution in [1.82, 2.24) is 15.5 Å². The van der Waals surface area contributed by atoms with E-state index in [1.165, 1.54) is 23.1 Å². The number of carbonyl (C=O) groups excluding carboxylic acids is 2. The minimum atomic E-state index is -4.78. The number of carbonyl (C=O) groups is 2. The number of guanidine groups is 1. The van der Waals surface area contributed by atoms with E-state index in [0.717, 1.165) is 0 Å². The molecule has 1 saturated heterocycles. The molecule has 0 aliphatic carbocycles. The minimum Gasteiger partial charge on any atom is -0.405 e. The van der Waals surface area contributed by atoms with Gasteiger partial charge in [0.2, 0.25) is 11.8 Å². The Morgan fingerprint density at radius 3 is 2.45 bits per heavy atom. The van der Waals surface area contributed by atoms with Gasteiger partial charge in [-0.25, -0.2) is 4.99 Å². The first-order valence-electron chi connectivity index (χ1n) is 8.99. The molecule has 2 rings (SSSR count). The van der Waals surface area contributed by atoms with Crippen LogP contribution in [0.1, 0.15) is 31.7 Å². The van der Waals surface area contributed by atoms with E-state index in [4.69, 9.17) is 0 Å². The molecule has 0 bridgehead atoms. The fourth-order valence-electron chi connectivity index (χ4n) is 2.70. The van der Waals surface area contributed by atoms with E-state index < -0.39 is 6.36 Å². The van der Waals surface area contributed by atoms with Crippen molar-refractivity contribution in [2.45, 2.75) is 39.1 Å². The summed E-state index contributed by atoms with van der Waals surface area (Å²) in [5.41, 5.74) is 0.276. The molecule has 2 amide bonds. The van der Waals surface area contributed by atoms with Crippen molar-refractivity contribution in [2.75, 3.05) is 19.6 Å². The van der Waals surface area contributed by atoms with Crippen LogP contribution in [0.5, 0.6) is 5.75 Å². The fourth-order valence-corrected chi connectivity index (χ4v) is 2.70. The molecule has 2 N–H and O–H groups in total. The van der Waals surface area contributed by atoms with Gasteiger partial charge in [-0.05, 0) is 19.4 Å². The fraction of sp³-hybridized carbons (Fsp3) is 0.500. The number of hydrogen-bond acceptors (Lipinski definition) is 4. The molecule has 1 aromatic carbocycles. The number of nitrogens with one attached hydrogen (secondary N) is 2. The molecule has 1 heterocycles. The standard InChI is InChI=1S/C18H23F3N4O3.HI/c1-2-22-17(23-10-11-25-15(26)8-5-9-16(25)27)24-12-13-6-3-4-7-14(13)28-18(19,20)21;/h3-4,6-7H,2,5,8-12H2,1H3,(H2,22,23,24);1H. The zero-order chi connectivity index (χ0) is 20.6. The molecule has 1 fully saturated rings. The SMILES string of the molecule is CCNC(=NCc1ccccc1OC(F)(F)F)NCCN1C(=O)CCCC1=O.I. The highest BCUT2D eigenvalue weighted by Crippen LogP contribution is 2.26. The van der Waals surface area contributed by atoms with Gasteiger partial charge in [-0.1, -0.05) is 18.2 Å². The maximum atomic E-state index is 12.5. The van der Waals surface area contributed by atoms with Crippen molar-refractivity contribution in [3.8, 4) is 5.75 Å². The maximum absolute atomic E-state index is 12.5. The summed E-state index contributed by atoms with van der Waals surface area (Å²) in [6, 6.07) is 5.78. The Bertz CT molecular complexity index is 713. The van der Waals surface area contributed by atoms with Crippen LogP contribution in [0.25, 0.3) is 0 Å². The van der Waals surface area contributed by atoms with Crippen LogP contribution in [0, 0.1) is 0 Å². The van der Waals surface area contributed by atoms with Crippen LogP contribution in [0.3, 0.4) is 0 Å². The molecular weight excluding hydrogens is 504 g/mol. The van der Waals surface area contributed by atoms with Crippen molar-refractivity contribution in [3.63, 3.8) is 0 Å². The van der Waals surface area contributed by atoms with Gasteiger partial charge in [0.1, 0.15) is 5.75 Å². The molecule has 0 saturated carbocycles. The molecule has 162 valence electrons. The first-order valence-corrected chi connectivity index (χ1v) is 8.99. The average molecular weight is 528 g/mol. The number of benzene rings is 1. The van der Waals surface area contributed by atoms with E-state index in [-0.39, 0.29) is 66.7 Å². The van der Waals surface area contributed by atoms with Crippen LogP contribution in [0.2, 0.25) is 0 Å². The smallest absolute Gasteiger partial charge is 0.405 e. The van der Waals surface area contributed by atoms with E-state index >= 15 is 0 Å². The molecule has 1 aromatic rings. The Hall–Kier alpha value is -2.05. The summed E-state index contributed by atoms with van der Waals surface area (Å²) in [6.45, 7) is 2.83. The number of imide groups is 1. The van der Waals surface area contributed by atoms with Gasteiger partial charge in [0.05, 0.1) is 6.54 Å². The summed E-state index contributed by atoms with van der Waals surface area (Å²) in [6.07, 6.45) is -3.49. The number of piperidine rings is 1. The Balaban J connectivity index is 0.00000420. The molecular formula is C18H24F3IN4O3. The predicted octanol–water partition coefficient (Wildman–Crippen LogP) is 2.80. The summed E-state index contributed by atoms with van der Waals surface area (Å²) >= 11 is 0.